The highest BCUT2D eigenvalue weighted by molar-refractivity contribution is 5.88. The molecule has 170 valence electrons. The van der Waals surface area contributed by atoms with Crippen molar-refractivity contribution in [3.8, 4) is 5.75 Å². The summed E-state index contributed by atoms with van der Waals surface area (Å²) in [5.41, 5.74) is 3.56. The van der Waals surface area contributed by atoms with E-state index in [-0.39, 0.29) is 6.10 Å². The summed E-state index contributed by atoms with van der Waals surface area (Å²) in [5, 5.41) is 4.49. The minimum absolute atomic E-state index is 0.153. The van der Waals surface area contributed by atoms with Crippen molar-refractivity contribution in [3.05, 3.63) is 43.3 Å². The molecule has 1 saturated carbocycles. The molecule has 0 radical (unpaired) electrons. The Hall–Kier alpha value is -3.46. The molecule has 0 unspecified atom stereocenters. The number of aromatic nitrogens is 4. The molecular weight excluding hydrogens is 420 g/mol. The van der Waals surface area contributed by atoms with Crippen LogP contribution in [0.1, 0.15) is 25.7 Å². The number of furan rings is 1. The summed E-state index contributed by atoms with van der Waals surface area (Å²) in [6.07, 6.45) is 10.7. The minimum atomic E-state index is 0.153. The second kappa shape index (κ2) is 8.82. The third-order valence-electron chi connectivity index (χ3n) is 6.50. The van der Waals surface area contributed by atoms with Crippen LogP contribution in [0.2, 0.25) is 0 Å². The van der Waals surface area contributed by atoms with Gasteiger partial charge in [0.05, 0.1) is 36.5 Å². The summed E-state index contributed by atoms with van der Waals surface area (Å²) in [6, 6.07) is 6.43. The van der Waals surface area contributed by atoms with Crippen LogP contribution in [-0.2, 0) is 4.74 Å². The summed E-state index contributed by atoms with van der Waals surface area (Å²) in [7, 11) is 0. The van der Waals surface area contributed by atoms with Gasteiger partial charge in [-0.15, -0.1) is 0 Å². The molecule has 1 aliphatic carbocycles. The van der Waals surface area contributed by atoms with Crippen molar-refractivity contribution in [1.82, 2.24) is 19.9 Å². The molecule has 0 bridgehead atoms. The van der Waals surface area contributed by atoms with Crippen molar-refractivity contribution in [3.63, 3.8) is 0 Å². The van der Waals surface area contributed by atoms with E-state index in [2.05, 4.69) is 42.3 Å². The quantitative estimate of drug-likeness (QED) is 0.491. The fraction of sp³-hybridized carbons (Fsp3) is 0.417. The first kappa shape index (κ1) is 20.2. The molecule has 1 N–H and O–H groups in total. The van der Waals surface area contributed by atoms with Crippen LogP contribution in [0.4, 0.5) is 11.5 Å². The lowest BCUT2D eigenvalue weighted by Crippen LogP contribution is -2.36. The summed E-state index contributed by atoms with van der Waals surface area (Å²) in [5.74, 6) is 1.62. The van der Waals surface area contributed by atoms with E-state index in [0.717, 1.165) is 85.7 Å². The fourth-order valence-corrected chi connectivity index (χ4v) is 4.73. The van der Waals surface area contributed by atoms with Crippen LogP contribution >= 0.6 is 0 Å². The Bertz CT molecular complexity index is 1250. The minimum Gasteiger partial charge on any atom is -0.490 e. The molecule has 9 heteroatoms. The van der Waals surface area contributed by atoms with Crippen molar-refractivity contribution in [2.45, 2.75) is 37.8 Å². The first-order valence-electron chi connectivity index (χ1n) is 11.5. The first-order valence-corrected chi connectivity index (χ1v) is 11.5. The molecule has 3 aromatic heterocycles. The van der Waals surface area contributed by atoms with Crippen LogP contribution in [0, 0.1) is 0 Å². The van der Waals surface area contributed by atoms with Crippen molar-refractivity contribution in [2.24, 2.45) is 0 Å². The van der Waals surface area contributed by atoms with Gasteiger partial charge in [0.15, 0.2) is 11.4 Å². The average molecular weight is 447 g/mol. The Labute approximate surface area is 191 Å². The molecule has 33 heavy (non-hydrogen) atoms. The summed E-state index contributed by atoms with van der Waals surface area (Å²) in [6.45, 7) is 3.23. The predicted molar refractivity (Wildman–Crippen MR) is 125 cm³/mol. The number of ether oxygens (including phenoxy) is 2. The maximum Gasteiger partial charge on any atom is 0.194 e. The SMILES string of the molecule is c1ncc2c(O[C@H]3CC[C@@H](Nc4ncnc5ccoc45)CC3)cc(N3CCOCC3)cc2n1. The van der Waals surface area contributed by atoms with E-state index in [4.69, 9.17) is 13.9 Å². The second-order valence-corrected chi connectivity index (χ2v) is 8.59. The lowest BCUT2D eigenvalue weighted by Gasteiger charge is -2.31. The third kappa shape index (κ3) is 4.16. The molecule has 0 spiro atoms. The Morgan fingerprint density at radius 1 is 0.970 bits per heavy atom. The Kier molecular flexibility index (Phi) is 5.39. The number of nitrogens with zero attached hydrogens (tertiary/aromatic N) is 5. The summed E-state index contributed by atoms with van der Waals surface area (Å²) >= 11 is 0. The lowest BCUT2D eigenvalue weighted by molar-refractivity contribution is 0.122. The monoisotopic (exact) mass is 446 g/mol. The molecule has 1 aromatic carbocycles. The molecule has 0 atom stereocenters. The number of anilines is 2. The van der Waals surface area contributed by atoms with Gasteiger partial charge in [-0.3, -0.25) is 0 Å². The maximum absolute atomic E-state index is 6.55. The molecule has 2 aliphatic rings. The van der Waals surface area contributed by atoms with Crippen LogP contribution in [0.15, 0.2) is 47.7 Å². The summed E-state index contributed by atoms with van der Waals surface area (Å²) < 4.78 is 17.6. The second-order valence-electron chi connectivity index (χ2n) is 8.59. The van der Waals surface area contributed by atoms with Crippen molar-refractivity contribution >= 4 is 33.5 Å². The first-order chi connectivity index (χ1) is 16.3. The van der Waals surface area contributed by atoms with E-state index in [9.17, 15) is 0 Å². The molecule has 0 amide bonds. The van der Waals surface area contributed by atoms with Gasteiger partial charge in [0.2, 0.25) is 0 Å². The number of benzene rings is 1. The number of rotatable bonds is 5. The molecule has 1 aliphatic heterocycles. The third-order valence-corrected chi connectivity index (χ3v) is 6.50. The average Bonchev–Trinajstić information content (AvgIpc) is 3.36. The van der Waals surface area contributed by atoms with Crippen LogP contribution in [0.3, 0.4) is 0 Å². The highest BCUT2D eigenvalue weighted by atomic mass is 16.5. The number of hydrogen-bond acceptors (Lipinski definition) is 9. The zero-order chi connectivity index (χ0) is 22.0. The smallest absolute Gasteiger partial charge is 0.194 e. The summed E-state index contributed by atoms with van der Waals surface area (Å²) in [4.78, 5) is 19.7. The van der Waals surface area contributed by atoms with E-state index in [0.29, 0.717) is 11.6 Å². The number of hydrogen-bond donors (Lipinski definition) is 1. The highest BCUT2D eigenvalue weighted by Gasteiger charge is 2.25. The maximum atomic E-state index is 6.55. The van der Waals surface area contributed by atoms with Crippen molar-refractivity contribution < 1.29 is 13.9 Å². The van der Waals surface area contributed by atoms with Crippen LogP contribution in [-0.4, -0.2) is 58.4 Å². The van der Waals surface area contributed by atoms with Crippen molar-refractivity contribution in [1.29, 1.82) is 0 Å². The number of morpholine rings is 1. The van der Waals surface area contributed by atoms with Gasteiger partial charge in [-0.25, -0.2) is 19.9 Å². The van der Waals surface area contributed by atoms with Crippen LogP contribution in [0.25, 0.3) is 22.0 Å². The molecule has 6 rings (SSSR count). The van der Waals surface area contributed by atoms with Gasteiger partial charge in [0, 0.05) is 43.1 Å². The largest absolute Gasteiger partial charge is 0.490 e. The van der Waals surface area contributed by atoms with E-state index < -0.39 is 0 Å². The Morgan fingerprint density at radius 2 is 1.82 bits per heavy atom. The van der Waals surface area contributed by atoms with Gasteiger partial charge in [-0.2, -0.15) is 0 Å². The van der Waals surface area contributed by atoms with Gasteiger partial charge >= 0.3 is 0 Å². The molecule has 2 fully saturated rings. The molecular formula is C24H26N6O3. The van der Waals surface area contributed by atoms with E-state index >= 15 is 0 Å². The van der Waals surface area contributed by atoms with E-state index in [1.807, 2.05) is 12.3 Å². The fourth-order valence-electron chi connectivity index (χ4n) is 4.73. The Balaban J connectivity index is 1.16. The van der Waals surface area contributed by atoms with Gasteiger partial charge in [-0.05, 0) is 31.7 Å². The van der Waals surface area contributed by atoms with E-state index in [1.54, 1.807) is 18.9 Å². The highest BCUT2D eigenvalue weighted by Crippen LogP contribution is 2.34. The van der Waals surface area contributed by atoms with E-state index in [1.165, 1.54) is 0 Å². The van der Waals surface area contributed by atoms with Gasteiger partial charge in [0.25, 0.3) is 0 Å². The molecule has 4 aromatic rings. The lowest BCUT2D eigenvalue weighted by atomic mass is 9.93. The standard InChI is InChI=1S/C24H26N6O3/c1-3-18(4-2-16(1)29-24-23-20(5-8-32-23)27-15-28-24)33-22-12-17(30-6-9-31-10-7-30)11-21-19(22)13-25-14-26-21/h5,8,11-16,18H,1-4,6-7,9-10H2,(H,27,28,29)/t16-,18+. The van der Waals surface area contributed by atoms with Gasteiger partial charge < -0.3 is 24.1 Å². The zero-order valence-corrected chi connectivity index (χ0v) is 18.3. The number of fused-ring (bicyclic) bond motifs is 2. The molecule has 1 saturated heterocycles. The van der Waals surface area contributed by atoms with Crippen LogP contribution < -0.4 is 15.0 Å². The normalized spacial score (nSPS) is 21.4. The topological polar surface area (TPSA) is 98.4 Å². The van der Waals surface area contributed by atoms with Gasteiger partial charge in [-0.1, -0.05) is 0 Å². The predicted octanol–water partition coefficient (Wildman–Crippen LogP) is 3.80. The van der Waals surface area contributed by atoms with Crippen LogP contribution in [0.5, 0.6) is 5.75 Å². The molecule has 9 nitrogen and oxygen atoms in total. The molecule has 4 heterocycles. The van der Waals surface area contributed by atoms with Gasteiger partial charge in [0.1, 0.15) is 23.9 Å². The Morgan fingerprint density at radius 3 is 2.70 bits per heavy atom. The number of nitrogens with one attached hydrogen (secondary N) is 1. The van der Waals surface area contributed by atoms with Crippen molar-refractivity contribution in [2.75, 3.05) is 36.5 Å². The zero-order valence-electron chi connectivity index (χ0n) is 18.3.